The Kier molecular flexibility index (Phi) is 8.69. The summed E-state index contributed by atoms with van der Waals surface area (Å²) in [5.74, 6) is -0.179. The first-order valence-corrected chi connectivity index (χ1v) is 21.7. The molecule has 0 radical (unpaired) electrons. The van der Waals surface area contributed by atoms with Gasteiger partial charge in [0.15, 0.2) is 11.6 Å². The molecule has 5 fully saturated rings. The molecule has 16 heteroatoms. The molecule has 10 rings (SSSR count). The molecule has 1 N–H and O–H groups in total. The first-order valence-electron chi connectivity index (χ1n) is 20.5. The third-order valence-electron chi connectivity index (χ3n) is 13.0. The quantitative estimate of drug-likeness (QED) is 0.188. The zero-order valence-corrected chi connectivity index (χ0v) is 35.6. The van der Waals surface area contributed by atoms with Crippen molar-refractivity contribution in [2.45, 2.75) is 120 Å². The van der Waals surface area contributed by atoms with Gasteiger partial charge in [0.2, 0.25) is 0 Å². The summed E-state index contributed by atoms with van der Waals surface area (Å²) in [4.78, 5) is 43.3. The Labute approximate surface area is 350 Å². The van der Waals surface area contributed by atoms with Crippen LogP contribution in [0.2, 0.25) is 5.02 Å². The lowest BCUT2D eigenvalue weighted by Gasteiger charge is -2.73. The van der Waals surface area contributed by atoms with E-state index in [9.17, 15) is 14.9 Å². The number of nitrogens with zero attached hydrogens (tertiary/aromatic N) is 6. The maximum atomic E-state index is 17.8. The van der Waals surface area contributed by atoms with Crippen molar-refractivity contribution >= 4 is 66.8 Å². The molecule has 0 spiro atoms. The molecule has 1 amide bonds. The molecule has 4 atom stereocenters. The average molecular weight is 844 g/mol. The Morgan fingerprint density at radius 2 is 1.81 bits per heavy atom. The lowest BCUT2D eigenvalue weighted by Crippen LogP contribution is -2.89. The Morgan fingerprint density at radius 1 is 1.07 bits per heavy atom. The number of ether oxygens (including phenoxy) is 4. The number of nitriles is 1. The van der Waals surface area contributed by atoms with Gasteiger partial charge in [-0.3, -0.25) is 19.9 Å². The van der Waals surface area contributed by atoms with Gasteiger partial charge in [-0.1, -0.05) is 23.7 Å². The number of rotatable bonds is 6. The lowest BCUT2D eigenvalue weighted by atomic mass is 9.60. The molecule has 2 aromatic carbocycles. The number of nitrogens with one attached hydrogen (secondary N) is 1. The van der Waals surface area contributed by atoms with Gasteiger partial charge in [-0.05, 0) is 105 Å². The number of hydrogen-bond acceptors (Lipinski definition) is 13. The van der Waals surface area contributed by atoms with Crippen LogP contribution in [0.5, 0.6) is 11.8 Å². The van der Waals surface area contributed by atoms with E-state index in [2.05, 4.69) is 26.1 Å². The minimum atomic E-state index is -0.762. The summed E-state index contributed by atoms with van der Waals surface area (Å²) in [6, 6.07) is 7.35. The van der Waals surface area contributed by atoms with Crippen molar-refractivity contribution in [3.05, 3.63) is 34.6 Å². The lowest BCUT2D eigenvalue weighted by molar-refractivity contribution is -0.240. The van der Waals surface area contributed by atoms with Crippen LogP contribution in [0.15, 0.2) is 18.2 Å². The number of carbonyl (C=O) groups excluding carboxylic acids is 2. The summed E-state index contributed by atoms with van der Waals surface area (Å²) in [6.07, 6.45) is 4.76. The van der Waals surface area contributed by atoms with Gasteiger partial charge in [-0.15, -0.1) is 11.3 Å². The highest BCUT2D eigenvalue weighted by molar-refractivity contribution is 7.23. The smallest absolute Gasteiger partial charge is 0.412 e. The topological polar surface area (TPSA) is 142 Å². The zero-order chi connectivity index (χ0) is 41.4. The summed E-state index contributed by atoms with van der Waals surface area (Å²) in [5, 5.41) is 14.3. The number of benzene rings is 2. The Bertz CT molecular complexity index is 2500. The summed E-state index contributed by atoms with van der Waals surface area (Å²) < 4.78 is 43.0. The molecule has 0 aliphatic carbocycles. The van der Waals surface area contributed by atoms with Crippen LogP contribution in [0.1, 0.15) is 85.6 Å². The number of esters is 1. The Hall–Kier alpha value is -4.49. The van der Waals surface area contributed by atoms with Crippen molar-refractivity contribution in [3.8, 4) is 29.0 Å². The van der Waals surface area contributed by atoms with Gasteiger partial charge in [-0.25, -0.2) is 9.18 Å². The number of carbonyl (C=O) groups is 2. The number of hydrogen-bond donors (Lipinski definition) is 1. The van der Waals surface area contributed by atoms with Gasteiger partial charge in [0.25, 0.3) is 0 Å². The van der Waals surface area contributed by atoms with E-state index in [-0.39, 0.29) is 74.7 Å². The molecule has 0 bridgehead atoms. The molecule has 0 saturated carbocycles. The summed E-state index contributed by atoms with van der Waals surface area (Å²) in [6.45, 7) is 14.1. The summed E-state index contributed by atoms with van der Waals surface area (Å²) >= 11 is 8.52. The fourth-order valence-electron chi connectivity index (χ4n) is 10.7. The van der Waals surface area contributed by atoms with Crippen LogP contribution in [-0.4, -0.2) is 105 Å². The fourth-order valence-corrected chi connectivity index (χ4v) is 12.1. The highest BCUT2D eigenvalue weighted by Crippen LogP contribution is 2.59. The van der Waals surface area contributed by atoms with E-state index in [0.717, 1.165) is 38.8 Å². The number of thiophene rings is 1. The molecule has 13 nitrogen and oxygen atoms in total. The van der Waals surface area contributed by atoms with Crippen LogP contribution in [0, 0.1) is 17.1 Å². The zero-order valence-electron chi connectivity index (χ0n) is 34.0. The number of anilines is 2. The molecule has 5 saturated heterocycles. The molecule has 8 heterocycles. The molecule has 59 heavy (non-hydrogen) atoms. The molecule has 6 aliphatic heterocycles. The summed E-state index contributed by atoms with van der Waals surface area (Å²) in [7, 11) is 0. The molecule has 3 unspecified atom stereocenters. The summed E-state index contributed by atoms with van der Waals surface area (Å²) in [5.41, 5.74) is -1.63. The van der Waals surface area contributed by atoms with Gasteiger partial charge in [0, 0.05) is 34.3 Å². The third kappa shape index (κ3) is 5.95. The van der Waals surface area contributed by atoms with Crippen molar-refractivity contribution in [2.75, 3.05) is 43.1 Å². The monoisotopic (exact) mass is 843 g/mol. The van der Waals surface area contributed by atoms with Gasteiger partial charge in [0.05, 0.1) is 27.6 Å². The first-order chi connectivity index (χ1) is 28.0. The molecular formula is C43H47ClFN7O6S. The minimum Gasteiger partial charge on any atom is -0.489 e. The van der Waals surface area contributed by atoms with Gasteiger partial charge < -0.3 is 23.8 Å². The van der Waals surface area contributed by atoms with E-state index in [0.29, 0.717) is 52.8 Å². The van der Waals surface area contributed by atoms with Crippen molar-refractivity contribution in [3.63, 3.8) is 0 Å². The van der Waals surface area contributed by atoms with E-state index in [4.69, 9.17) is 40.5 Å². The fraction of sp³-hybridized carbons (Fsp3) is 0.558. The highest BCUT2D eigenvalue weighted by atomic mass is 35.5. The first kappa shape index (κ1) is 38.7. The second kappa shape index (κ2) is 13.3. The number of piperazine rings is 1. The second-order valence-electron chi connectivity index (χ2n) is 18.9. The predicted octanol–water partition coefficient (Wildman–Crippen LogP) is 8.04. The number of piperidine rings is 1. The van der Waals surface area contributed by atoms with E-state index < -0.39 is 28.7 Å². The van der Waals surface area contributed by atoms with Crippen LogP contribution in [0.4, 0.5) is 20.0 Å². The normalized spacial score (nSPS) is 25.5. The maximum Gasteiger partial charge on any atom is 0.412 e. The van der Waals surface area contributed by atoms with E-state index >= 15 is 4.39 Å². The van der Waals surface area contributed by atoms with Gasteiger partial charge in [-0.2, -0.15) is 15.2 Å². The Morgan fingerprint density at radius 3 is 2.53 bits per heavy atom. The van der Waals surface area contributed by atoms with E-state index in [1.54, 1.807) is 32.9 Å². The van der Waals surface area contributed by atoms with Gasteiger partial charge in [0.1, 0.15) is 52.4 Å². The van der Waals surface area contributed by atoms with Crippen LogP contribution in [0.3, 0.4) is 0 Å². The number of aromatic nitrogens is 2. The van der Waals surface area contributed by atoms with Crippen molar-refractivity contribution in [2.24, 2.45) is 0 Å². The van der Waals surface area contributed by atoms with Crippen LogP contribution in [-0.2, 0) is 14.3 Å². The molecular weight excluding hydrogens is 797 g/mol. The minimum absolute atomic E-state index is 0.00200. The van der Waals surface area contributed by atoms with Crippen molar-refractivity contribution in [1.82, 2.24) is 19.8 Å². The van der Waals surface area contributed by atoms with Crippen molar-refractivity contribution < 1.29 is 32.9 Å². The van der Waals surface area contributed by atoms with Crippen molar-refractivity contribution in [1.29, 1.82) is 5.26 Å². The predicted molar refractivity (Wildman–Crippen MR) is 222 cm³/mol. The average Bonchev–Trinajstić information content (AvgIpc) is 3.80. The van der Waals surface area contributed by atoms with Crippen LogP contribution < -0.4 is 19.7 Å². The Balaban J connectivity index is 1.09. The molecule has 310 valence electrons. The maximum absolute atomic E-state index is 17.8. The number of amides is 1. The number of fused-ring (bicyclic) bond motifs is 5. The van der Waals surface area contributed by atoms with Crippen LogP contribution in [0.25, 0.3) is 32.1 Å². The second-order valence-corrected chi connectivity index (χ2v) is 20.3. The molecule has 6 aliphatic rings. The number of halogens is 2. The standard InChI is InChI=1S/C43H47ClFN7O6S/c1-40(2,3)57-37(53)43-16-22-19-51-26(25(17-43)52(22)43)20-55-34-30-33(47-38(48-35(30)51)56-21-42-12-8-14-50(42)15-9-13-42)32(45)29(31(34)44)23-10-7-11-27-28(23)24(18-46)36(59-27)49-39(54)58-41(4,5)6/h7,10-11,22,25-26H,8-9,12-17,19-21H2,1-6H3,(H,49,54)/t22?,25?,26-,43?/m1/s1. The van der Waals surface area contributed by atoms with E-state index in [1.165, 1.54) is 11.3 Å². The van der Waals surface area contributed by atoms with E-state index in [1.807, 2.05) is 26.8 Å². The largest absolute Gasteiger partial charge is 0.489 e. The third-order valence-corrected chi connectivity index (χ3v) is 14.4. The highest BCUT2D eigenvalue weighted by Gasteiger charge is 2.72. The van der Waals surface area contributed by atoms with Crippen LogP contribution >= 0.6 is 22.9 Å². The van der Waals surface area contributed by atoms with Gasteiger partial charge >= 0.3 is 18.1 Å². The SMILES string of the molecule is CC(C)(C)OC(=O)Nc1sc2cccc(-c3c(Cl)c4c5c(nc(OCC67CCCN6CCC7)nc5c3F)N3CC5CC6(C(=O)OC(C)(C)C)CC([C@H]3CO4)N56)c2c1C#N. The molecule has 4 aromatic rings. The molecule has 2 aromatic heterocycles.